The van der Waals surface area contributed by atoms with Gasteiger partial charge in [-0.1, -0.05) is 18.2 Å². The average molecular weight is 374 g/mol. The molecule has 0 saturated heterocycles. The van der Waals surface area contributed by atoms with E-state index < -0.39 is 5.97 Å². The number of para-hydroxylation sites is 1. The predicted octanol–water partition coefficient (Wildman–Crippen LogP) is 3.44. The highest BCUT2D eigenvalue weighted by Gasteiger charge is 2.17. The summed E-state index contributed by atoms with van der Waals surface area (Å²) in [5.41, 5.74) is 1.92. The number of benzene rings is 1. The molecule has 0 aliphatic carbocycles. The summed E-state index contributed by atoms with van der Waals surface area (Å²) in [6.45, 7) is 3.90. The van der Waals surface area contributed by atoms with Crippen molar-refractivity contribution in [1.29, 1.82) is 0 Å². The molecular formula is C20H18N6O2. The van der Waals surface area contributed by atoms with E-state index in [0.717, 1.165) is 16.6 Å². The van der Waals surface area contributed by atoms with Gasteiger partial charge in [0.25, 0.3) is 0 Å². The molecule has 0 unspecified atom stereocenters. The fourth-order valence-electron chi connectivity index (χ4n) is 2.85. The van der Waals surface area contributed by atoms with Crippen molar-refractivity contribution in [2.24, 2.45) is 0 Å². The van der Waals surface area contributed by atoms with Gasteiger partial charge in [-0.25, -0.2) is 19.7 Å². The minimum absolute atomic E-state index is 0.251. The summed E-state index contributed by atoms with van der Waals surface area (Å²) in [5.74, 6) is 1.14. The Bertz CT molecular complexity index is 1150. The smallest absolute Gasteiger partial charge is 0.343 e. The van der Waals surface area contributed by atoms with Crippen molar-refractivity contribution in [1.82, 2.24) is 24.7 Å². The molecule has 3 heterocycles. The van der Waals surface area contributed by atoms with Crippen LogP contribution in [-0.2, 0) is 4.74 Å². The van der Waals surface area contributed by atoms with Gasteiger partial charge < -0.3 is 10.1 Å². The fourth-order valence-corrected chi connectivity index (χ4v) is 2.85. The van der Waals surface area contributed by atoms with Crippen molar-refractivity contribution >= 4 is 28.5 Å². The molecule has 8 nitrogen and oxygen atoms in total. The third-order valence-electron chi connectivity index (χ3n) is 4.09. The minimum atomic E-state index is -0.489. The second-order valence-electron chi connectivity index (χ2n) is 6.08. The van der Waals surface area contributed by atoms with Crippen molar-refractivity contribution in [3.8, 4) is 5.82 Å². The summed E-state index contributed by atoms with van der Waals surface area (Å²) in [7, 11) is 0. The van der Waals surface area contributed by atoms with Gasteiger partial charge in [0.1, 0.15) is 23.5 Å². The molecule has 28 heavy (non-hydrogen) atoms. The first-order valence-electron chi connectivity index (χ1n) is 8.82. The van der Waals surface area contributed by atoms with Crippen molar-refractivity contribution in [2.45, 2.75) is 13.8 Å². The van der Waals surface area contributed by atoms with Gasteiger partial charge in [-0.3, -0.25) is 0 Å². The van der Waals surface area contributed by atoms with E-state index in [1.165, 1.54) is 12.5 Å². The summed E-state index contributed by atoms with van der Waals surface area (Å²) in [6, 6.07) is 13.6. The Labute approximate surface area is 161 Å². The standard InChI is InChI=1S/C20H18N6O2/c1-3-28-20(27)15-11-21-12-22-19(15)24-18-10-13(2)25-26(18)17-9-8-14-6-4-5-7-16(14)23-17/h4-12H,3H2,1-2H3,(H,21,22,24). The number of nitrogens with zero attached hydrogens (tertiary/aromatic N) is 5. The lowest BCUT2D eigenvalue weighted by Gasteiger charge is -2.11. The zero-order chi connectivity index (χ0) is 19.5. The number of aromatic nitrogens is 5. The first-order valence-corrected chi connectivity index (χ1v) is 8.82. The molecule has 0 aliphatic heterocycles. The molecule has 0 radical (unpaired) electrons. The zero-order valence-electron chi connectivity index (χ0n) is 15.5. The van der Waals surface area contributed by atoms with E-state index in [1.807, 2.05) is 49.4 Å². The molecule has 0 amide bonds. The summed E-state index contributed by atoms with van der Waals surface area (Å²) in [5, 5.41) is 8.73. The summed E-state index contributed by atoms with van der Waals surface area (Å²) >= 11 is 0. The zero-order valence-corrected chi connectivity index (χ0v) is 15.5. The van der Waals surface area contributed by atoms with Crippen LogP contribution < -0.4 is 5.32 Å². The van der Waals surface area contributed by atoms with E-state index in [0.29, 0.717) is 17.5 Å². The molecule has 0 spiro atoms. The number of anilines is 2. The Hall–Kier alpha value is -3.81. The summed E-state index contributed by atoms with van der Waals surface area (Å²) in [6.07, 6.45) is 2.79. The van der Waals surface area contributed by atoms with Crippen molar-refractivity contribution in [3.05, 3.63) is 66.2 Å². The van der Waals surface area contributed by atoms with E-state index in [-0.39, 0.29) is 12.2 Å². The largest absolute Gasteiger partial charge is 0.462 e. The molecule has 3 aromatic heterocycles. The first kappa shape index (κ1) is 17.6. The van der Waals surface area contributed by atoms with E-state index in [9.17, 15) is 4.79 Å². The second-order valence-corrected chi connectivity index (χ2v) is 6.08. The third kappa shape index (κ3) is 3.39. The van der Waals surface area contributed by atoms with Gasteiger partial charge in [0.05, 0.1) is 17.8 Å². The van der Waals surface area contributed by atoms with E-state index in [4.69, 9.17) is 4.74 Å². The average Bonchev–Trinajstić information content (AvgIpc) is 3.08. The maximum Gasteiger partial charge on any atom is 0.343 e. The Morgan fingerprint density at radius 1 is 1.21 bits per heavy atom. The van der Waals surface area contributed by atoms with E-state index in [2.05, 4.69) is 25.4 Å². The van der Waals surface area contributed by atoms with Crippen molar-refractivity contribution in [2.75, 3.05) is 11.9 Å². The highest BCUT2D eigenvalue weighted by atomic mass is 16.5. The third-order valence-corrected chi connectivity index (χ3v) is 4.09. The van der Waals surface area contributed by atoms with Crippen LogP contribution in [0.3, 0.4) is 0 Å². The minimum Gasteiger partial charge on any atom is -0.462 e. The monoisotopic (exact) mass is 374 g/mol. The van der Waals surface area contributed by atoms with Gasteiger partial charge >= 0.3 is 5.97 Å². The molecule has 0 saturated carbocycles. The molecule has 0 bridgehead atoms. The van der Waals surface area contributed by atoms with Crippen LogP contribution >= 0.6 is 0 Å². The van der Waals surface area contributed by atoms with Crippen molar-refractivity contribution < 1.29 is 9.53 Å². The molecule has 8 heteroatoms. The molecule has 0 fully saturated rings. The molecule has 0 atom stereocenters. The molecule has 4 aromatic rings. The van der Waals surface area contributed by atoms with Crippen LogP contribution in [0.25, 0.3) is 16.7 Å². The van der Waals surface area contributed by atoms with Crippen LogP contribution in [0.2, 0.25) is 0 Å². The number of hydrogen-bond acceptors (Lipinski definition) is 7. The number of rotatable bonds is 5. The predicted molar refractivity (Wildman–Crippen MR) is 105 cm³/mol. The molecule has 1 N–H and O–H groups in total. The lowest BCUT2D eigenvalue weighted by molar-refractivity contribution is 0.0526. The lowest BCUT2D eigenvalue weighted by Crippen LogP contribution is -2.11. The molecule has 140 valence electrons. The first-order chi connectivity index (χ1) is 13.7. The number of hydrogen-bond donors (Lipinski definition) is 1. The highest BCUT2D eigenvalue weighted by molar-refractivity contribution is 5.95. The quantitative estimate of drug-likeness (QED) is 0.535. The summed E-state index contributed by atoms with van der Waals surface area (Å²) < 4.78 is 6.76. The van der Waals surface area contributed by atoms with Gasteiger partial charge in [0, 0.05) is 17.6 Å². The normalized spacial score (nSPS) is 10.8. The number of fused-ring (bicyclic) bond motifs is 1. The summed E-state index contributed by atoms with van der Waals surface area (Å²) in [4.78, 5) is 25.0. The van der Waals surface area contributed by atoms with Gasteiger partial charge in [-0.05, 0) is 32.0 Å². The fraction of sp³-hybridized carbons (Fsp3) is 0.150. The molecule has 1 aromatic carbocycles. The number of carbonyl (C=O) groups is 1. The van der Waals surface area contributed by atoms with Crippen molar-refractivity contribution in [3.63, 3.8) is 0 Å². The number of aryl methyl sites for hydroxylation is 1. The van der Waals surface area contributed by atoms with E-state index >= 15 is 0 Å². The number of pyridine rings is 1. The Morgan fingerprint density at radius 3 is 2.93 bits per heavy atom. The number of esters is 1. The Balaban J connectivity index is 1.74. The van der Waals surface area contributed by atoms with Gasteiger partial charge in [0.15, 0.2) is 5.82 Å². The molecule has 0 aliphatic rings. The number of ether oxygens (including phenoxy) is 1. The van der Waals surface area contributed by atoms with Crippen LogP contribution in [0, 0.1) is 6.92 Å². The Morgan fingerprint density at radius 2 is 2.07 bits per heavy atom. The number of nitrogens with one attached hydrogen (secondary N) is 1. The van der Waals surface area contributed by atoms with Gasteiger partial charge in [-0.15, -0.1) is 0 Å². The molecule has 4 rings (SSSR count). The highest BCUT2D eigenvalue weighted by Crippen LogP contribution is 2.23. The van der Waals surface area contributed by atoms with E-state index in [1.54, 1.807) is 11.6 Å². The SMILES string of the molecule is CCOC(=O)c1cncnc1Nc1cc(C)nn1-c1ccc2ccccc2n1. The molecular weight excluding hydrogens is 356 g/mol. The van der Waals surface area contributed by atoms with Crippen LogP contribution in [-0.4, -0.2) is 37.3 Å². The second kappa shape index (κ2) is 7.43. The Kier molecular flexibility index (Phi) is 4.67. The van der Waals surface area contributed by atoms with Gasteiger partial charge in [0.2, 0.25) is 0 Å². The maximum atomic E-state index is 12.2. The van der Waals surface area contributed by atoms with Gasteiger partial charge in [-0.2, -0.15) is 9.78 Å². The lowest BCUT2D eigenvalue weighted by atomic mass is 10.2. The number of carbonyl (C=O) groups excluding carboxylic acids is 1. The van der Waals surface area contributed by atoms with Crippen LogP contribution in [0.1, 0.15) is 23.0 Å². The van der Waals surface area contributed by atoms with Crippen LogP contribution in [0.5, 0.6) is 0 Å². The topological polar surface area (TPSA) is 94.8 Å². The van der Waals surface area contributed by atoms with Crippen LogP contribution in [0.4, 0.5) is 11.6 Å². The van der Waals surface area contributed by atoms with Crippen LogP contribution in [0.15, 0.2) is 55.0 Å². The maximum absolute atomic E-state index is 12.2.